The smallest absolute Gasteiger partial charge is 0.202 e. The molecule has 0 aromatic carbocycles. The molecule has 9 fully saturated rings. The van der Waals surface area contributed by atoms with Crippen molar-refractivity contribution in [3.8, 4) is 0 Å². The van der Waals surface area contributed by atoms with E-state index in [1.807, 2.05) is 0 Å². The van der Waals surface area contributed by atoms with E-state index in [2.05, 4.69) is 19.9 Å². The third kappa shape index (κ3) is 8.99. The first-order valence-corrected chi connectivity index (χ1v) is 26.6. The van der Waals surface area contributed by atoms with Crippen LogP contribution in [0.1, 0.15) is 73.1 Å². The summed E-state index contributed by atoms with van der Waals surface area (Å²) in [6.45, 7) is 7.55. The zero-order valence-corrected chi connectivity index (χ0v) is 42.3. The van der Waals surface area contributed by atoms with E-state index in [1.165, 1.54) is 13.8 Å². The molecule has 10 aliphatic rings. The van der Waals surface area contributed by atoms with Crippen molar-refractivity contribution < 1.29 is 119 Å². The molecule has 6 saturated heterocycles. The average molecular weight is 1070 g/mol. The van der Waals surface area contributed by atoms with E-state index in [1.54, 1.807) is 6.92 Å². The summed E-state index contributed by atoms with van der Waals surface area (Å²) in [7, 11) is 0. The Labute approximate surface area is 428 Å². The summed E-state index contributed by atoms with van der Waals surface area (Å²) in [5.41, 5.74) is -0.274. The lowest BCUT2D eigenvalue weighted by molar-refractivity contribution is -0.393. The summed E-state index contributed by atoms with van der Waals surface area (Å²) in [5.74, 6) is -3.13. The van der Waals surface area contributed by atoms with Crippen LogP contribution in [0.25, 0.3) is 0 Å². The number of allylic oxidation sites excluding steroid dienone is 1. The topological polar surface area (TPSA) is 376 Å². The van der Waals surface area contributed by atoms with Crippen LogP contribution in [0, 0.1) is 46.3 Å². The molecular formula is C50H80O24. The summed E-state index contributed by atoms with van der Waals surface area (Å²) in [6.07, 6.45) is -28.7. The van der Waals surface area contributed by atoms with E-state index >= 15 is 0 Å². The van der Waals surface area contributed by atoms with Crippen molar-refractivity contribution in [3.63, 3.8) is 0 Å². The molecule has 0 aromatic rings. The van der Waals surface area contributed by atoms with Gasteiger partial charge in [-0.05, 0) is 69.1 Å². The molecule has 14 N–H and O–H groups in total. The summed E-state index contributed by atoms with van der Waals surface area (Å²) < 4.78 is 62.6. The van der Waals surface area contributed by atoms with Gasteiger partial charge in [-0.1, -0.05) is 32.4 Å². The number of hydrogen-bond acceptors (Lipinski definition) is 24. The normalized spacial score (nSPS) is 58.6. The molecule has 10 rings (SSSR count). The first-order valence-electron chi connectivity index (χ1n) is 26.6. The Morgan fingerprint density at radius 3 is 1.88 bits per heavy atom. The van der Waals surface area contributed by atoms with Crippen molar-refractivity contribution in [1.29, 1.82) is 0 Å². The number of ether oxygens (including phenoxy) is 10. The first kappa shape index (κ1) is 56.1. The highest BCUT2D eigenvalue weighted by Gasteiger charge is 2.73. The molecule has 0 radical (unpaired) electrons. The van der Waals surface area contributed by atoms with Gasteiger partial charge in [0.1, 0.15) is 85.5 Å². The summed E-state index contributed by atoms with van der Waals surface area (Å²) in [4.78, 5) is 0. The Bertz CT molecular complexity index is 1990. The minimum atomic E-state index is -1.84. The van der Waals surface area contributed by atoms with Gasteiger partial charge in [-0.15, -0.1) is 0 Å². The number of hydrogen-bond donors (Lipinski definition) is 14. The highest BCUT2D eigenvalue weighted by molar-refractivity contribution is 5.29. The average Bonchev–Trinajstić information content (AvgIpc) is 3.85. The van der Waals surface area contributed by atoms with E-state index in [9.17, 15) is 71.5 Å². The summed E-state index contributed by atoms with van der Waals surface area (Å²) >= 11 is 0. The van der Waals surface area contributed by atoms with Gasteiger partial charge in [0, 0.05) is 29.6 Å². The van der Waals surface area contributed by atoms with Crippen molar-refractivity contribution in [2.24, 2.45) is 46.3 Å². The van der Waals surface area contributed by atoms with Crippen LogP contribution >= 0.6 is 0 Å². The maximum atomic E-state index is 12.3. The molecule has 0 unspecified atom stereocenters. The maximum absolute atomic E-state index is 12.3. The standard InChI is InChI=1S/C50H80O24/c1-17-15-66-50(43(64)40(17)71-45-38(62)35(59)31(55)18(2)67-45)25(13-51)30-27(74-50)12-24-22-7-6-20-10-21(53)11-29(49(20,5)23(22)8-9-48(24,30)4)70-47-42(73-46-39(63)36(60)32(56)19(3)68-46)41(34(58)28(14-52)69-47)72-44-37(61)33(57)26(54)16-65-44/h6,17-19,21-47,51-64H,7-16H2,1-5H3/t17-,18-,19-,21+,22+,23-,24-,25-,26+,27-,28+,29+,30-,31+,32-,33-,34+,35+,36+,37+,38-,39+,40-,41-,42+,43-,44-,45+,46-,47-,48-,49-,50-/m0/s1. The van der Waals surface area contributed by atoms with E-state index in [-0.39, 0.29) is 43.3 Å². The second-order valence-electron chi connectivity index (χ2n) is 23.7. The van der Waals surface area contributed by atoms with E-state index in [0.717, 1.165) is 5.57 Å². The van der Waals surface area contributed by atoms with Crippen LogP contribution in [0.4, 0.5) is 0 Å². The quantitative estimate of drug-likeness (QED) is 0.0919. The Kier molecular flexibility index (Phi) is 15.9. The van der Waals surface area contributed by atoms with E-state index < -0.39 is 189 Å². The molecule has 33 atom stereocenters. The molecule has 24 heteroatoms. The Morgan fingerprint density at radius 2 is 1.24 bits per heavy atom. The molecule has 3 saturated carbocycles. The van der Waals surface area contributed by atoms with Crippen LogP contribution in [0.15, 0.2) is 11.6 Å². The predicted molar refractivity (Wildman–Crippen MR) is 245 cm³/mol. The molecular weight excluding hydrogens is 985 g/mol. The lowest BCUT2D eigenvalue weighted by Crippen LogP contribution is -2.67. The van der Waals surface area contributed by atoms with E-state index in [4.69, 9.17) is 47.4 Å². The van der Waals surface area contributed by atoms with Crippen molar-refractivity contribution in [2.75, 3.05) is 26.4 Å². The minimum Gasteiger partial charge on any atom is -0.396 e. The molecule has 74 heavy (non-hydrogen) atoms. The predicted octanol–water partition coefficient (Wildman–Crippen LogP) is -4.41. The molecule has 0 aromatic heterocycles. The molecule has 4 aliphatic carbocycles. The van der Waals surface area contributed by atoms with Gasteiger partial charge in [0.25, 0.3) is 0 Å². The van der Waals surface area contributed by atoms with E-state index in [0.29, 0.717) is 32.1 Å². The van der Waals surface area contributed by atoms with Crippen LogP contribution in [0.3, 0.4) is 0 Å². The van der Waals surface area contributed by atoms with Crippen molar-refractivity contribution in [1.82, 2.24) is 0 Å². The molecule has 0 bridgehead atoms. The molecule has 424 valence electrons. The Balaban J connectivity index is 0.921. The summed E-state index contributed by atoms with van der Waals surface area (Å²) in [6, 6.07) is 0. The van der Waals surface area contributed by atoms with Crippen molar-refractivity contribution in [2.45, 2.75) is 226 Å². The second-order valence-corrected chi connectivity index (χ2v) is 23.7. The van der Waals surface area contributed by atoms with Gasteiger partial charge >= 0.3 is 0 Å². The number of fused-ring (bicyclic) bond motifs is 7. The summed E-state index contributed by atoms with van der Waals surface area (Å²) in [5, 5.41) is 153. The second kappa shape index (κ2) is 21.0. The van der Waals surface area contributed by atoms with Gasteiger partial charge in [0.2, 0.25) is 5.79 Å². The molecule has 1 spiro atoms. The fourth-order valence-corrected chi connectivity index (χ4v) is 15.4. The van der Waals surface area contributed by atoms with Gasteiger partial charge in [-0.25, -0.2) is 0 Å². The zero-order valence-electron chi connectivity index (χ0n) is 42.3. The number of rotatable bonds is 10. The van der Waals surface area contributed by atoms with Gasteiger partial charge in [-0.3, -0.25) is 0 Å². The van der Waals surface area contributed by atoms with Crippen molar-refractivity contribution >= 4 is 0 Å². The molecule has 6 heterocycles. The van der Waals surface area contributed by atoms with Gasteiger partial charge in [0.05, 0.1) is 63.1 Å². The largest absolute Gasteiger partial charge is 0.396 e. The third-order valence-electron chi connectivity index (χ3n) is 19.6. The minimum absolute atomic E-state index is 0.0182. The lowest BCUT2D eigenvalue weighted by Gasteiger charge is -2.61. The number of aliphatic hydroxyl groups excluding tert-OH is 14. The monoisotopic (exact) mass is 1060 g/mol. The lowest BCUT2D eigenvalue weighted by atomic mass is 9.46. The highest BCUT2D eigenvalue weighted by Crippen LogP contribution is 2.71. The highest BCUT2D eigenvalue weighted by atomic mass is 16.8. The number of aliphatic hydroxyl groups is 14. The molecule has 6 aliphatic heterocycles. The Morgan fingerprint density at radius 1 is 0.622 bits per heavy atom. The zero-order chi connectivity index (χ0) is 53.2. The SMILES string of the molecule is C[C@@H]1O[C@@H](O[C@H]2[C@H](O[C@@H]3C[C@H](O)CC4=CC[C@H]5[C@@H]6C[C@@H]7O[C@@]8(OC[C@H](C)[C@H](O[C@H]9O[C@@H](C)[C@@H](O)[C@@H](O)[C@@H]9O)[C@@H]8O)[C@@H](CO)[C@@H]7[C@@]6(C)CC[C@@H]5[C@]43C)O[C@H](CO)[C@@H](O)[C@@H]2O[C@@H]2OC[C@@H](O)[C@H](O)[C@H]2O)[C@H](O)[C@H](O)[C@H]1O. The van der Waals surface area contributed by atoms with Crippen LogP contribution in [-0.2, 0) is 47.4 Å². The first-order chi connectivity index (χ1) is 35.0. The van der Waals surface area contributed by atoms with Gasteiger partial charge in [-0.2, -0.15) is 0 Å². The molecule has 24 nitrogen and oxygen atoms in total. The van der Waals surface area contributed by atoms with Crippen molar-refractivity contribution in [3.05, 3.63) is 11.6 Å². The third-order valence-corrected chi connectivity index (χ3v) is 19.6. The maximum Gasteiger partial charge on any atom is 0.202 e. The van der Waals surface area contributed by atoms with Crippen LogP contribution in [0.5, 0.6) is 0 Å². The van der Waals surface area contributed by atoms with Crippen LogP contribution in [-0.4, -0.2) is 251 Å². The molecule has 0 amide bonds. The van der Waals surface area contributed by atoms with Crippen LogP contribution in [0.2, 0.25) is 0 Å². The fourth-order valence-electron chi connectivity index (χ4n) is 15.4. The fraction of sp³-hybridized carbons (Fsp3) is 0.960. The van der Waals surface area contributed by atoms with Gasteiger partial charge < -0.3 is 119 Å². The van der Waals surface area contributed by atoms with Crippen LogP contribution < -0.4 is 0 Å². The van der Waals surface area contributed by atoms with Gasteiger partial charge in [0.15, 0.2) is 25.2 Å². The Hall–Kier alpha value is -1.22.